The topological polar surface area (TPSA) is 72.2 Å². The molecule has 0 fully saturated rings. The van der Waals surface area contributed by atoms with Crippen LogP contribution in [0, 0.1) is 0 Å². The van der Waals surface area contributed by atoms with E-state index in [2.05, 4.69) is 11.1 Å². The van der Waals surface area contributed by atoms with E-state index in [1.165, 1.54) is 0 Å². The van der Waals surface area contributed by atoms with Crippen LogP contribution in [0.5, 0.6) is 0 Å². The van der Waals surface area contributed by atoms with Crippen molar-refractivity contribution in [2.75, 3.05) is 7.05 Å². The minimum atomic E-state index is -0.245. The van der Waals surface area contributed by atoms with Gasteiger partial charge in [-0.2, -0.15) is 0 Å². The zero-order chi connectivity index (χ0) is 9.28. The molecule has 0 aromatic carbocycles. The third kappa shape index (κ3) is 17.6. The fourth-order valence-electron chi connectivity index (χ4n) is 0.177. The van der Waals surface area contributed by atoms with Crippen LogP contribution in [0.4, 0.5) is 0 Å². The summed E-state index contributed by atoms with van der Waals surface area (Å²) in [5.74, 6) is -0.153. The van der Waals surface area contributed by atoms with Gasteiger partial charge >= 0.3 is 0 Å². The van der Waals surface area contributed by atoms with Crippen molar-refractivity contribution >= 4 is 11.8 Å². The van der Waals surface area contributed by atoms with Crippen LogP contribution in [0.2, 0.25) is 0 Å². The molecule has 0 aliphatic heterocycles. The highest BCUT2D eigenvalue weighted by atomic mass is 16.1. The summed E-state index contributed by atoms with van der Waals surface area (Å²) in [7, 11) is 1.63. The van der Waals surface area contributed by atoms with E-state index >= 15 is 0 Å². The van der Waals surface area contributed by atoms with Gasteiger partial charge < -0.3 is 11.1 Å². The third-order valence-electron chi connectivity index (χ3n) is 0.948. The van der Waals surface area contributed by atoms with E-state index in [-0.39, 0.29) is 11.8 Å². The Morgan fingerprint density at radius 1 is 1.27 bits per heavy atom. The minimum Gasteiger partial charge on any atom is -0.370 e. The van der Waals surface area contributed by atoms with Gasteiger partial charge in [0.05, 0.1) is 0 Å². The average molecular weight is 160 g/mol. The summed E-state index contributed by atoms with van der Waals surface area (Å²) >= 11 is 0. The second-order valence-corrected chi connectivity index (χ2v) is 1.85. The Kier molecular flexibility index (Phi) is 10.2. The van der Waals surface area contributed by atoms with E-state index < -0.39 is 0 Å². The molecule has 11 heavy (non-hydrogen) atoms. The highest BCUT2D eigenvalue weighted by molar-refractivity contribution is 5.75. The first-order valence-electron chi connectivity index (χ1n) is 3.57. The Morgan fingerprint density at radius 3 is 1.64 bits per heavy atom. The predicted octanol–water partition coefficient (Wildman–Crippen LogP) is 0.0241. The standard InChI is InChI=1S/C4H9NO.C3H7NO/c1-3-4(6)5-2;1-2-3(4)5/h3H2,1-2H3,(H,5,6);2H2,1H3,(H2,4,5). The van der Waals surface area contributed by atoms with Crippen molar-refractivity contribution in [2.45, 2.75) is 26.7 Å². The fraction of sp³-hybridized carbons (Fsp3) is 0.714. The Bertz CT molecular complexity index is 118. The summed E-state index contributed by atoms with van der Waals surface area (Å²) in [5.41, 5.74) is 4.65. The average Bonchev–Trinajstić information content (AvgIpc) is 2.04. The van der Waals surface area contributed by atoms with E-state index in [9.17, 15) is 9.59 Å². The Balaban J connectivity index is 0. The highest BCUT2D eigenvalue weighted by Gasteiger charge is 1.84. The maximum Gasteiger partial charge on any atom is 0.219 e. The molecule has 0 unspecified atom stereocenters. The van der Waals surface area contributed by atoms with Gasteiger partial charge in [-0.05, 0) is 0 Å². The maximum absolute atomic E-state index is 10.1. The summed E-state index contributed by atoms with van der Waals surface area (Å²) in [6, 6.07) is 0. The summed E-state index contributed by atoms with van der Waals surface area (Å²) in [5, 5.41) is 2.48. The summed E-state index contributed by atoms with van der Waals surface area (Å²) in [6.07, 6.45) is 1.02. The second-order valence-electron chi connectivity index (χ2n) is 1.85. The SMILES string of the molecule is CCC(=O)NC.CCC(N)=O. The highest BCUT2D eigenvalue weighted by Crippen LogP contribution is 1.68. The molecular weight excluding hydrogens is 144 g/mol. The van der Waals surface area contributed by atoms with Crippen molar-refractivity contribution in [1.82, 2.24) is 5.32 Å². The molecule has 0 radical (unpaired) electrons. The molecule has 0 aromatic heterocycles. The van der Waals surface area contributed by atoms with Gasteiger partial charge in [0.25, 0.3) is 0 Å². The molecule has 0 atom stereocenters. The summed E-state index contributed by atoms with van der Waals surface area (Å²) in [4.78, 5) is 19.7. The number of nitrogens with two attached hydrogens (primary N) is 1. The number of hydrogen-bond acceptors (Lipinski definition) is 2. The minimum absolute atomic E-state index is 0.0926. The van der Waals surface area contributed by atoms with Gasteiger partial charge in [0.15, 0.2) is 0 Å². The van der Waals surface area contributed by atoms with Gasteiger partial charge in [-0.3, -0.25) is 9.59 Å². The van der Waals surface area contributed by atoms with Crippen molar-refractivity contribution in [2.24, 2.45) is 5.73 Å². The number of hydrogen-bond donors (Lipinski definition) is 2. The van der Waals surface area contributed by atoms with Crippen molar-refractivity contribution in [3.05, 3.63) is 0 Å². The van der Waals surface area contributed by atoms with E-state index in [0.717, 1.165) is 0 Å². The van der Waals surface area contributed by atoms with E-state index in [4.69, 9.17) is 0 Å². The molecule has 0 aliphatic rings. The lowest BCUT2D eigenvalue weighted by Gasteiger charge is -1.87. The van der Waals surface area contributed by atoms with Gasteiger partial charge in [0.1, 0.15) is 0 Å². The van der Waals surface area contributed by atoms with Crippen LogP contribution in [0.25, 0.3) is 0 Å². The van der Waals surface area contributed by atoms with Crippen molar-refractivity contribution < 1.29 is 9.59 Å². The van der Waals surface area contributed by atoms with Gasteiger partial charge in [-0.1, -0.05) is 13.8 Å². The van der Waals surface area contributed by atoms with Crippen LogP contribution >= 0.6 is 0 Å². The number of primary amides is 1. The van der Waals surface area contributed by atoms with Crippen molar-refractivity contribution in [3.8, 4) is 0 Å². The largest absolute Gasteiger partial charge is 0.370 e. The molecule has 0 aromatic rings. The van der Waals surface area contributed by atoms with Crippen LogP contribution < -0.4 is 11.1 Å². The van der Waals surface area contributed by atoms with Crippen LogP contribution in [0.15, 0.2) is 0 Å². The molecule has 0 heterocycles. The number of carbonyl (C=O) groups excluding carboxylic acids is 2. The molecule has 0 saturated heterocycles. The van der Waals surface area contributed by atoms with Gasteiger partial charge in [-0.25, -0.2) is 0 Å². The lowest BCUT2D eigenvalue weighted by atomic mass is 10.5. The molecule has 4 heteroatoms. The van der Waals surface area contributed by atoms with Crippen LogP contribution in [-0.2, 0) is 9.59 Å². The van der Waals surface area contributed by atoms with Crippen LogP contribution in [0.1, 0.15) is 26.7 Å². The Morgan fingerprint density at radius 2 is 1.64 bits per heavy atom. The van der Waals surface area contributed by atoms with Gasteiger partial charge in [-0.15, -0.1) is 0 Å². The predicted molar refractivity (Wildman–Crippen MR) is 43.8 cm³/mol. The first-order chi connectivity index (χ1) is 5.08. The molecule has 0 saturated carbocycles. The second kappa shape index (κ2) is 8.94. The Labute approximate surface area is 67.1 Å². The summed E-state index contributed by atoms with van der Waals surface area (Å²) < 4.78 is 0. The molecule has 0 aliphatic carbocycles. The number of carbonyl (C=O) groups is 2. The number of rotatable bonds is 2. The maximum atomic E-state index is 10.1. The zero-order valence-electron chi connectivity index (χ0n) is 7.31. The smallest absolute Gasteiger partial charge is 0.219 e. The monoisotopic (exact) mass is 160 g/mol. The van der Waals surface area contributed by atoms with E-state index in [1.54, 1.807) is 14.0 Å². The molecule has 0 spiro atoms. The van der Waals surface area contributed by atoms with E-state index in [1.807, 2.05) is 6.92 Å². The van der Waals surface area contributed by atoms with Gasteiger partial charge in [0, 0.05) is 19.9 Å². The van der Waals surface area contributed by atoms with Crippen LogP contribution in [0.3, 0.4) is 0 Å². The van der Waals surface area contributed by atoms with Gasteiger partial charge in [0.2, 0.25) is 11.8 Å². The summed E-state index contributed by atoms with van der Waals surface area (Å²) in [6.45, 7) is 3.54. The first-order valence-corrected chi connectivity index (χ1v) is 3.57. The van der Waals surface area contributed by atoms with E-state index in [0.29, 0.717) is 12.8 Å². The lowest BCUT2D eigenvalue weighted by Crippen LogP contribution is -2.15. The molecule has 0 bridgehead atoms. The van der Waals surface area contributed by atoms with Crippen LogP contribution in [-0.4, -0.2) is 18.9 Å². The van der Waals surface area contributed by atoms with Crippen molar-refractivity contribution in [3.63, 3.8) is 0 Å². The quantitative estimate of drug-likeness (QED) is 0.598. The lowest BCUT2D eigenvalue weighted by molar-refractivity contribution is -0.120. The molecular formula is C7H16N2O2. The number of amides is 2. The third-order valence-corrected chi connectivity index (χ3v) is 0.948. The number of nitrogens with one attached hydrogen (secondary N) is 1. The first kappa shape index (κ1) is 12.6. The molecule has 0 rings (SSSR count). The fourth-order valence-corrected chi connectivity index (χ4v) is 0.177. The van der Waals surface area contributed by atoms with Crippen molar-refractivity contribution in [1.29, 1.82) is 0 Å². The zero-order valence-corrected chi connectivity index (χ0v) is 7.31. The normalized spacial score (nSPS) is 7.55. The molecule has 2 amide bonds. The Hall–Kier alpha value is -1.06. The molecule has 4 nitrogen and oxygen atoms in total. The molecule has 66 valence electrons. The molecule has 3 N–H and O–H groups in total.